The number of aryl methyl sites for hydroxylation is 2. The van der Waals surface area contributed by atoms with Crippen LogP contribution in [0.5, 0.6) is 0 Å². The number of alkyl halides is 3. The minimum absolute atomic E-state index is 0.00363. The maximum Gasteiger partial charge on any atom is 0.433 e. The van der Waals surface area contributed by atoms with Crippen molar-refractivity contribution in [3.05, 3.63) is 47.9 Å². The summed E-state index contributed by atoms with van der Waals surface area (Å²) in [4.78, 5) is 11.7. The van der Waals surface area contributed by atoms with Crippen molar-refractivity contribution in [3.8, 4) is 11.5 Å². The molecule has 0 amide bonds. The summed E-state index contributed by atoms with van der Waals surface area (Å²) in [5.41, 5.74) is 0.0599. The van der Waals surface area contributed by atoms with Gasteiger partial charge in [0.15, 0.2) is 17.3 Å². The fourth-order valence-electron chi connectivity index (χ4n) is 2.02. The monoisotopic (exact) mass is 334 g/mol. The molecule has 0 unspecified atom stereocenters. The molecule has 3 aromatic rings. The van der Waals surface area contributed by atoms with E-state index < -0.39 is 11.9 Å². The van der Waals surface area contributed by atoms with Crippen LogP contribution in [0.2, 0.25) is 0 Å². The zero-order valence-electron chi connectivity index (χ0n) is 12.8. The Morgan fingerprint density at radius 3 is 2.46 bits per heavy atom. The average molecular weight is 334 g/mol. The van der Waals surface area contributed by atoms with Gasteiger partial charge in [-0.25, -0.2) is 9.97 Å². The number of hydrogen-bond donors (Lipinski definition) is 1. The molecule has 0 aliphatic heterocycles. The van der Waals surface area contributed by atoms with Crippen LogP contribution >= 0.6 is 0 Å². The van der Waals surface area contributed by atoms with Gasteiger partial charge in [0.2, 0.25) is 0 Å². The molecule has 0 aliphatic rings. The third-order valence-corrected chi connectivity index (χ3v) is 3.28. The van der Waals surface area contributed by atoms with Gasteiger partial charge >= 0.3 is 6.18 Å². The molecule has 0 spiro atoms. The third kappa shape index (κ3) is 3.34. The van der Waals surface area contributed by atoms with Crippen molar-refractivity contribution in [1.29, 1.82) is 0 Å². The average Bonchev–Trinajstić information content (AvgIpc) is 2.85. The Balaban J connectivity index is 2.05. The van der Waals surface area contributed by atoms with Gasteiger partial charge in [0.1, 0.15) is 11.5 Å². The van der Waals surface area contributed by atoms with Gasteiger partial charge in [-0.3, -0.25) is 9.67 Å². The molecular weight excluding hydrogens is 321 g/mol. The summed E-state index contributed by atoms with van der Waals surface area (Å²) in [6.07, 6.45) is -3.13. The molecule has 3 rings (SSSR count). The molecule has 0 saturated carbocycles. The summed E-state index contributed by atoms with van der Waals surface area (Å²) in [6.45, 7) is 1.83. The van der Waals surface area contributed by atoms with Crippen LogP contribution in [-0.4, -0.2) is 24.7 Å². The van der Waals surface area contributed by atoms with Crippen LogP contribution in [0.3, 0.4) is 0 Å². The van der Waals surface area contributed by atoms with Crippen molar-refractivity contribution < 1.29 is 13.2 Å². The molecule has 6 nitrogen and oxygen atoms in total. The minimum Gasteiger partial charge on any atom is -0.323 e. The fraction of sp³-hybridized carbons (Fsp3) is 0.200. The maximum absolute atomic E-state index is 13.1. The highest BCUT2D eigenvalue weighted by Gasteiger charge is 2.34. The molecule has 0 aromatic carbocycles. The van der Waals surface area contributed by atoms with E-state index in [1.165, 1.54) is 6.20 Å². The lowest BCUT2D eigenvalue weighted by atomic mass is 10.3. The van der Waals surface area contributed by atoms with E-state index in [1.54, 1.807) is 36.0 Å². The summed E-state index contributed by atoms with van der Waals surface area (Å²) in [6, 6.07) is 7.41. The molecule has 0 atom stereocenters. The van der Waals surface area contributed by atoms with Gasteiger partial charge in [-0.2, -0.15) is 18.3 Å². The predicted octanol–water partition coefficient (Wildman–Crippen LogP) is 3.34. The first-order valence-electron chi connectivity index (χ1n) is 6.98. The highest BCUT2D eigenvalue weighted by Crippen LogP contribution is 2.31. The van der Waals surface area contributed by atoms with Gasteiger partial charge in [0.25, 0.3) is 0 Å². The molecule has 9 heteroatoms. The van der Waals surface area contributed by atoms with Gasteiger partial charge in [0, 0.05) is 31.1 Å². The summed E-state index contributed by atoms with van der Waals surface area (Å²) < 4.78 is 40.9. The van der Waals surface area contributed by atoms with Crippen LogP contribution in [0.1, 0.15) is 11.4 Å². The first kappa shape index (κ1) is 15.9. The molecule has 0 bridgehead atoms. The first-order chi connectivity index (χ1) is 11.3. The third-order valence-electron chi connectivity index (χ3n) is 3.28. The number of halogens is 3. The summed E-state index contributed by atoms with van der Waals surface area (Å²) in [7, 11) is 1.74. The fourth-order valence-corrected chi connectivity index (χ4v) is 2.02. The molecule has 0 radical (unpaired) electrons. The first-order valence-corrected chi connectivity index (χ1v) is 6.98. The van der Waals surface area contributed by atoms with Crippen molar-refractivity contribution in [2.24, 2.45) is 7.05 Å². The summed E-state index contributed by atoms with van der Waals surface area (Å²) in [5, 5.41) is 6.93. The molecule has 3 heterocycles. The maximum atomic E-state index is 13.1. The standard InChI is InChI=1S/C15H13F3N6/c1-9-7-13(23-24(9)2)21-12-8-11(15(16,17)18)20-14(22-12)10-5-3-4-6-19-10/h3-8H,1-2H3,(H,20,21,22,23). The van der Waals surface area contributed by atoms with E-state index in [-0.39, 0.29) is 17.3 Å². The van der Waals surface area contributed by atoms with Gasteiger partial charge in [0.05, 0.1) is 0 Å². The van der Waals surface area contributed by atoms with E-state index in [0.717, 1.165) is 11.8 Å². The van der Waals surface area contributed by atoms with Crippen molar-refractivity contribution >= 4 is 11.6 Å². The molecule has 0 saturated heterocycles. The van der Waals surface area contributed by atoms with E-state index in [4.69, 9.17) is 0 Å². The number of hydrogen-bond acceptors (Lipinski definition) is 5. The van der Waals surface area contributed by atoms with Crippen molar-refractivity contribution in [1.82, 2.24) is 24.7 Å². The Kier molecular flexibility index (Phi) is 3.92. The van der Waals surface area contributed by atoms with E-state index in [2.05, 4.69) is 25.4 Å². The Morgan fingerprint density at radius 2 is 1.88 bits per heavy atom. The highest BCUT2D eigenvalue weighted by molar-refractivity contribution is 5.58. The lowest BCUT2D eigenvalue weighted by Gasteiger charge is -2.10. The van der Waals surface area contributed by atoms with Gasteiger partial charge in [-0.15, -0.1) is 0 Å². The molecule has 0 aliphatic carbocycles. The second-order valence-electron chi connectivity index (χ2n) is 5.09. The molecule has 0 fully saturated rings. The number of aromatic nitrogens is 5. The molecule has 24 heavy (non-hydrogen) atoms. The number of nitrogens with one attached hydrogen (secondary N) is 1. The van der Waals surface area contributed by atoms with Crippen molar-refractivity contribution in [2.75, 3.05) is 5.32 Å². The Labute approximate surface area is 135 Å². The number of nitrogens with zero attached hydrogens (tertiary/aromatic N) is 5. The largest absolute Gasteiger partial charge is 0.433 e. The summed E-state index contributed by atoms with van der Waals surface area (Å²) >= 11 is 0. The van der Waals surface area contributed by atoms with Crippen molar-refractivity contribution in [3.63, 3.8) is 0 Å². The van der Waals surface area contributed by atoms with Gasteiger partial charge in [-0.05, 0) is 19.1 Å². The minimum atomic E-state index is -4.59. The van der Waals surface area contributed by atoms with E-state index >= 15 is 0 Å². The van der Waals surface area contributed by atoms with Crippen LogP contribution < -0.4 is 5.32 Å². The number of anilines is 2. The Hall–Kier alpha value is -2.97. The smallest absolute Gasteiger partial charge is 0.323 e. The quantitative estimate of drug-likeness (QED) is 0.795. The zero-order chi connectivity index (χ0) is 17.3. The molecule has 124 valence electrons. The SMILES string of the molecule is Cc1cc(Nc2cc(C(F)(F)F)nc(-c3ccccn3)n2)nn1C. The van der Waals surface area contributed by atoms with Crippen LogP contribution in [0.15, 0.2) is 36.5 Å². The van der Waals surface area contributed by atoms with Crippen LogP contribution in [0.25, 0.3) is 11.5 Å². The van der Waals surface area contributed by atoms with Gasteiger partial charge < -0.3 is 5.32 Å². The Bertz CT molecular complexity index is 838. The van der Waals surface area contributed by atoms with Crippen LogP contribution in [-0.2, 0) is 13.2 Å². The molecular formula is C15H13F3N6. The topological polar surface area (TPSA) is 68.5 Å². The van der Waals surface area contributed by atoms with Gasteiger partial charge in [-0.1, -0.05) is 6.07 Å². The number of rotatable bonds is 3. The lowest BCUT2D eigenvalue weighted by Crippen LogP contribution is -2.11. The highest BCUT2D eigenvalue weighted by atomic mass is 19.4. The number of pyridine rings is 1. The second kappa shape index (κ2) is 5.91. The lowest BCUT2D eigenvalue weighted by molar-refractivity contribution is -0.141. The van der Waals surface area contributed by atoms with Crippen LogP contribution in [0, 0.1) is 6.92 Å². The van der Waals surface area contributed by atoms with Crippen molar-refractivity contribution in [2.45, 2.75) is 13.1 Å². The summed E-state index contributed by atoms with van der Waals surface area (Å²) in [5.74, 6) is 0.283. The Morgan fingerprint density at radius 1 is 1.08 bits per heavy atom. The van der Waals surface area contributed by atoms with Crippen LogP contribution in [0.4, 0.5) is 24.8 Å². The normalized spacial score (nSPS) is 11.5. The van der Waals surface area contributed by atoms with E-state index in [9.17, 15) is 13.2 Å². The molecule has 3 aromatic heterocycles. The molecule has 1 N–H and O–H groups in total. The zero-order valence-corrected chi connectivity index (χ0v) is 12.8. The van der Waals surface area contributed by atoms with E-state index in [1.807, 2.05) is 6.92 Å². The second-order valence-corrected chi connectivity index (χ2v) is 5.09. The van der Waals surface area contributed by atoms with E-state index in [0.29, 0.717) is 5.82 Å². The predicted molar refractivity (Wildman–Crippen MR) is 81.5 cm³/mol.